The summed E-state index contributed by atoms with van der Waals surface area (Å²) < 4.78 is 16.5. The minimum Gasteiger partial charge on any atom is -0.447 e. The molecule has 3 rings (SSSR count). The van der Waals surface area contributed by atoms with Crippen LogP contribution in [0.1, 0.15) is 45.6 Å². The van der Waals surface area contributed by atoms with Crippen molar-refractivity contribution < 1.29 is 18.8 Å². The molecule has 1 atom stereocenters. The summed E-state index contributed by atoms with van der Waals surface area (Å²) >= 11 is 0. The topological polar surface area (TPSA) is 123 Å². The second-order valence-electron chi connectivity index (χ2n) is 6.66. The molecule has 10 nitrogen and oxygen atoms in total. The molecule has 1 aliphatic rings. The summed E-state index contributed by atoms with van der Waals surface area (Å²) in [6.07, 6.45) is 3.47. The number of aromatic nitrogens is 4. The van der Waals surface area contributed by atoms with Crippen LogP contribution in [0, 0.1) is 0 Å². The number of hydrogen-bond donors (Lipinski definition) is 1. The molecule has 1 fully saturated rings. The number of amides is 1. The number of nitrogens with one attached hydrogen (secondary N) is 1. The van der Waals surface area contributed by atoms with E-state index in [0.717, 1.165) is 0 Å². The van der Waals surface area contributed by atoms with E-state index in [-0.39, 0.29) is 24.4 Å². The number of H-pyrrole nitrogens is 1. The average Bonchev–Trinajstić information content (AvgIpc) is 3.12. The van der Waals surface area contributed by atoms with E-state index < -0.39 is 5.69 Å². The lowest BCUT2D eigenvalue weighted by molar-refractivity contribution is -0.0475. The second kappa shape index (κ2) is 8.30. The van der Waals surface area contributed by atoms with E-state index in [1.54, 1.807) is 4.90 Å². The monoisotopic (exact) mass is 377 g/mol. The molecule has 0 aliphatic carbocycles. The third-order valence-electron chi connectivity index (χ3n) is 4.15. The number of carbonyl (C=O) groups is 1. The van der Waals surface area contributed by atoms with Crippen LogP contribution in [0.15, 0.2) is 21.7 Å². The molecule has 0 bridgehead atoms. The second-order valence-corrected chi connectivity index (χ2v) is 6.66. The van der Waals surface area contributed by atoms with Gasteiger partial charge in [0.1, 0.15) is 6.10 Å². The molecular weight excluding hydrogens is 354 g/mol. The third-order valence-corrected chi connectivity index (χ3v) is 4.15. The van der Waals surface area contributed by atoms with Gasteiger partial charge in [-0.3, -0.25) is 0 Å². The normalized spacial score (nSPS) is 16.5. The molecule has 1 N–H and O–H groups in total. The highest BCUT2D eigenvalue weighted by Gasteiger charge is 2.27. The standard InChI is InChI=1S/C17H23N5O5/c1-10(2)25-17(24)22-6-4-13(5-7-22)26-11(3)15-20-14(21-27-15)12-8-18-16(23)19-9-12/h8-11,13H,4-7H2,1-3H3,(H,18,19,23). The van der Waals surface area contributed by atoms with Gasteiger partial charge in [-0.2, -0.15) is 4.98 Å². The third kappa shape index (κ3) is 4.91. The molecule has 3 heterocycles. The zero-order chi connectivity index (χ0) is 19.4. The molecular formula is C17H23N5O5. The summed E-state index contributed by atoms with van der Waals surface area (Å²) in [5.74, 6) is 0.674. The average molecular weight is 377 g/mol. The van der Waals surface area contributed by atoms with Crippen LogP contribution in [0.5, 0.6) is 0 Å². The predicted octanol–water partition coefficient (Wildman–Crippen LogP) is 1.91. The Morgan fingerprint density at radius 2 is 2.07 bits per heavy atom. The van der Waals surface area contributed by atoms with Crippen LogP contribution in [-0.4, -0.2) is 56.4 Å². The van der Waals surface area contributed by atoms with E-state index in [9.17, 15) is 9.59 Å². The summed E-state index contributed by atoms with van der Waals surface area (Å²) in [7, 11) is 0. The first-order chi connectivity index (χ1) is 12.9. The van der Waals surface area contributed by atoms with Crippen LogP contribution in [-0.2, 0) is 9.47 Å². The van der Waals surface area contributed by atoms with Gasteiger partial charge in [-0.05, 0) is 33.6 Å². The van der Waals surface area contributed by atoms with Crippen molar-refractivity contribution in [1.29, 1.82) is 0 Å². The summed E-state index contributed by atoms with van der Waals surface area (Å²) in [5.41, 5.74) is 0.108. The minimum atomic E-state index is -0.442. The molecule has 0 saturated carbocycles. The quantitative estimate of drug-likeness (QED) is 0.838. The maximum atomic E-state index is 11.9. The van der Waals surface area contributed by atoms with E-state index in [0.29, 0.717) is 43.2 Å². The molecule has 0 radical (unpaired) electrons. The predicted molar refractivity (Wildman–Crippen MR) is 93.9 cm³/mol. The van der Waals surface area contributed by atoms with Gasteiger partial charge < -0.3 is 23.9 Å². The first-order valence-electron chi connectivity index (χ1n) is 8.92. The first-order valence-corrected chi connectivity index (χ1v) is 8.92. The van der Waals surface area contributed by atoms with Gasteiger partial charge >= 0.3 is 11.8 Å². The zero-order valence-corrected chi connectivity index (χ0v) is 15.5. The van der Waals surface area contributed by atoms with Gasteiger partial charge in [0.05, 0.1) is 17.8 Å². The number of piperidine rings is 1. The Morgan fingerprint density at radius 3 is 2.70 bits per heavy atom. The van der Waals surface area contributed by atoms with Crippen LogP contribution in [0.2, 0.25) is 0 Å². The Balaban J connectivity index is 1.53. The largest absolute Gasteiger partial charge is 0.447 e. The number of likely N-dealkylation sites (tertiary alicyclic amines) is 1. The smallest absolute Gasteiger partial charge is 0.410 e. The van der Waals surface area contributed by atoms with Crippen LogP contribution in [0.3, 0.4) is 0 Å². The van der Waals surface area contributed by atoms with Crippen molar-refractivity contribution >= 4 is 6.09 Å². The number of ether oxygens (including phenoxy) is 2. The number of nitrogens with zero attached hydrogens (tertiary/aromatic N) is 4. The summed E-state index contributed by atoms with van der Waals surface area (Å²) in [4.78, 5) is 35.0. The lowest BCUT2D eigenvalue weighted by atomic mass is 10.1. The lowest BCUT2D eigenvalue weighted by Gasteiger charge is -2.32. The molecule has 0 spiro atoms. The van der Waals surface area contributed by atoms with Gasteiger partial charge in [0.25, 0.3) is 5.89 Å². The van der Waals surface area contributed by atoms with Crippen molar-refractivity contribution in [1.82, 2.24) is 25.0 Å². The molecule has 10 heteroatoms. The van der Waals surface area contributed by atoms with Crippen molar-refractivity contribution in [3.05, 3.63) is 28.8 Å². The number of carbonyl (C=O) groups excluding carboxylic acids is 1. The minimum absolute atomic E-state index is 0.00630. The molecule has 1 amide bonds. The molecule has 146 valence electrons. The maximum Gasteiger partial charge on any atom is 0.410 e. The van der Waals surface area contributed by atoms with E-state index >= 15 is 0 Å². The Kier molecular flexibility index (Phi) is 5.84. The summed E-state index contributed by atoms with van der Waals surface area (Å²) in [6, 6.07) is 0. The zero-order valence-electron chi connectivity index (χ0n) is 15.5. The highest BCUT2D eigenvalue weighted by atomic mass is 16.6. The summed E-state index contributed by atoms with van der Waals surface area (Å²) in [5, 5.41) is 3.90. The fraction of sp³-hybridized carbons (Fsp3) is 0.588. The van der Waals surface area contributed by atoms with Crippen molar-refractivity contribution in [2.45, 2.75) is 51.9 Å². The molecule has 0 aromatic carbocycles. The first kappa shape index (κ1) is 19.0. The Hall–Kier alpha value is -2.75. The molecule has 1 unspecified atom stereocenters. The van der Waals surface area contributed by atoms with Gasteiger partial charge in [0.15, 0.2) is 0 Å². The van der Waals surface area contributed by atoms with Gasteiger partial charge in [0, 0.05) is 25.5 Å². The molecule has 2 aromatic heterocycles. The Labute approximate surface area is 155 Å². The van der Waals surface area contributed by atoms with E-state index in [2.05, 4.69) is 20.1 Å². The maximum absolute atomic E-state index is 11.9. The van der Waals surface area contributed by atoms with Crippen LogP contribution in [0.4, 0.5) is 4.79 Å². The van der Waals surface area contributed by atoms with Crippen molar-refractivity contribution in [3.63, 3.8) is 0 Å². The fourth-order valence-electron chi connectivity index (χ4n) is 2.78. The fourth-order valence-corrected chi connectivity index (χ4v) is 2.78. The van der Waals surface area contributed by atoms with Gasteiger partial charge in [-0.15, -0.1) is 0 Å². The van der Waals surface area contributed by atoms with Gasteiger partial charge in [0.2, 0.25) is 5.82 Å². The van der Waals surface area contributed by atoms with Crippen molar-refractivity contribution in [2.24, 2.45) is 0 Å². The van der Waals surface area contributed by atoms with Crippen LogP contribution in [0.25, 0.3) is 11.4 Å². The number of aromatic amines is 1. The molecule has 1 saturated heterocycles. The highest BCUT2D eigenvalue weighted by Crippen LogP contribution is 2.24. The molecule has 27 heavy (non-hydrogen) atoms. The van der Waals surface area contributed by atoms with E-state index in [1.807, 2.05) is 20.8 Å². The highest BCUT2D eigenvalue weighted by molar-refractivity contribution is 5.67. The van der Waals surface area contributed by atoms with Crippen molar-refractivity contribution in [2.75, 3.05) is 13.1 Å². The molecule has 1 aliphatic heterocycles. The van der Waals surface area contributed by atoms with Gasteiger partial charge in [-0.1, -0.05) is 5.16 Å². The number of hydrogen-bond acceptors (Lipinski definition) is 8. The Bertz CT molecular complexity index is 805. The van der Waals surface area contributed by atoms with Gasteiger partial charge in [-0.25, -0.2) is 14.6 Å². The van der Waals surface area contributed by atoms with E-state index in [4.69, 9.17) is 14.0 Å². The summed E-state index contributed by atoms with van der Waals surface area (Å²) in [6.45, 7) is 6.67. The Morgan fingerprint density at radius 1 is 1.33 bits per heavy atom. The lowest BCUT2D eigenvalue weighted by Crippen LogP contribution is -2.42. The van der Waals surface area contributed by atoms with Crippen LogP contribution >= 0.6 is 0 Å². The van der Waals surface area contributed by atoms with Crippen LogP contribution < -0.4 is 5.69 Å². The van der Waals surface area contributed by atoms with Crippen molar-refractivity contribution in [3.8, 4) is 11.4 Å². The van der Waals surface area contributed by atoms with E-state index in [1.165, 1.54) is 12.4 Å². The number of rotatable bonds is 5. The SMILES string of the molecule is CC(C)OC(=O)N1CCC(OC(C)c2nc(-c3cnc(=O)[nH]c3)no2)CC1. The molecule has 2 aromatic rings.